The number of H-pyrrole nitrogens is 1. The normalized spacial score (nSPS) is 10.6. The zero-order valence-corrected chi connectivity index (χ0v) is 15.9. The van der Waals surface area contributed by atoms with Gasteiger partial charge in [0.2, 0.25) is 5.82 Å². The number of amides is 2. The molecule has 0 aliphatic rings. The smallest absolute Gasteiger partial charge is 0.308 e. The largest absolute Gasteiger partial charge is 0.323 e. The van der Waals surface area contributed by atoms with E-state index in [2.05, 4.69) is 31.3 Å². The third-order valence-electron chi connectivity index (χ3n) is 4.15. The summed E-state index contributed by atoms with van der Waals surface area (Å²) in [5, 5.41) is 19.5. The number of nitrogens with zero attached hydrogens (tertiary/aromatic N) is 3. The Morgan fingerprint density at radius 3 is 2.27 bits per heavy atom. The summed E-state index contributed by atoms with van der Waals surface area (Å²) in [5.74, 6) is -1.34. The Morgan fingerprint density at radius 2 is 1.60 bits per heavy atom. The van der Waals surface area contributed by atoms with Gasteiger partial charge in [0.1, 0.15) is 11.6 Å². The zero-order chi connectivity index (χ0) is 21.1. The summed E-state index contributed by atoms with van der Waals surface area (Å²) in [5.41, 5.74) is 2.59. The van der Waals surface area contributed by atoms with Crippen LogP contribution in [0, 0.1) is 11.6 Å². The van der Waals surface area contributed by atoms with Crippen LogP contribution in [0.15, 0.2) is 60.7 Å². The Hall–Kier alpha value is -3.85. The predicted octanol–water partition coefficient (Wildman–Crippen LogP) is 5.11. The lowest BCUT2D eigenvalue weighted by atomic mass is 10.0. The number of benzene rings is 3. The highest BCUT2D eigenvalue weighted by atomic mass is 35.5. The highest BCUT2D eigenvalue weighted by Crippen LogP contribution is 2.31. The number of anilines is 2. The van der Waals surface area contributed by atoms with E-state index in [1.807, 2.05) is 12.1 Å². The second kappa shape index (κ2) is 8.26. The number of carbonyl (C=O) groups is 1. The Balaban J connectivity index is 1.63. The highest BCUT2D eigenvalue weighted by molar-refractivity contribution is 6.30. The van der Waals surface area contributed by atoms with Gasteiger partial charge in [-0.1, -0.05) is 29.8 Å². The van der Waals surface area contributed by atoms with Crippen molar-refractivity contribution in [3.63, 3.8) is 0 Å². The molecular formula is C20H13ClF2N6O. The van der Waals surface area contributed by atoms with Gasteiger partial charge in [-0.2, -0.15) is 5.21 Å². The van der Waals surface area contributed by atoms with Crippen molar-refractivity contribution >= 4 is 29.0 Å². The van der Waals surface area contributed by atoms with Crippen molar-refractivity contribution in [3.05, 3.63) is 77.3 Å². The summed E-state index contributed by atoms with van der Waals surface area (Å²) in [7, 11) is 0. The molecule has 0 fully saturated rings. The maximum atomic E-state index is 13.3. The third-order valence-corrected chi connectivity index (χ3v) is 4.40. The van der Waals surface area contributed by atoms with E-state index in [0.717, 1.165) is 23.3 Å². The van der Waals surface area contributed by atoms with Crippen LogP contribution in [0.1, 0.15) is 0 Å². The third kappa shape index (κ3) is 4.41. The van der Waals surface area contributed by atoms with Crippen LogP contribution in [0.2, 0.25) is 5.02 Å². The average Bonchev–Trinajstić information content (AvgIpc) is 3.23. The molecule has 0 unspecified atom stereocenters. The molecule has 4 rings (SSSR count). The van der Waals surface area contributed by atoms with Crippen molar-refractivity contribution in [1.29, 1.82) is 0 Å². The van der Waals surface area contributed by atoms with Gasteiger partial charge in [-0.15, -0.1) is 10.2 Å². The van der Waals surface area contributed by atoms with E-state index in [1.165, 1.54) is 0 Å². The minimum absolute atomic E-state index is 0.0242. The fourth-order valence-corrected chi connectivity index (χ4v) is 2.97. The Labute approximate surface area is 174 Å². The van der Waals surface area contributed by atoms with Crippen LogP contribution >= 0.6 is 11.6 Å². The molecule has 0 saturated heterocycles. The lowest BCUT2D eigenvalue weighted by Crippen LogP contribution is -2.20. The van der Waals surface area contributed by atoms with Gasteiger partial charge >= 0.3 is 6.03 Å². The number of halogens is 3. The number of rotatable bonds is 4. The zero-order valence-electron chi connectivity index (χ0n) is 15.2. The molecule has 0 saturated carbocycles. The van der Waals surface area contributed by atoms with Crippen LogP contribution in [0.25, 0.3) is 22.5 Å². The van der Waals surface area contributed by atoms with Gasteiger partial charge in [0.25, 0.3) is 0 Å². The van der Waals surface area contributed by atoms with Gasteiger partial charge in [0, 0.05) is 22.3 Å². The monoisotopic (exact) mass is 426 g/mol. The number of aromatic nitrogens is 4. The summed E-state index contributed by atoms with van der Waals surface area (Å²) in [6.07, 6.45) is 0. The van der Waals surface area contributed by atoms with Gasteiger partial charge in [0.05, 0.1) is 5.69 Å². The first-order valence-corrected chi connectivity index (χ1v) is 9.03. The van der Waals surface area contributed by atoms with E-state index >= 15 is 0 Å². The molecule has 0 aliphatic heterocycles. The van der Waals surface area contributed by atoms with Crippen LogP contribution in [0.5, 0.6) is 0 Å². The molecule has 0 bridgehead atoms. The SMILES string of the molecule is O=C(Nc1cc(F)cc(F)c1)Nc1ccc(-c2ccc(Cl)cc2)cc1-c1nn[nH]n1. The molecule has 1 heterocycles. The number of hydrogen-bond acceptors (Lipinski definition) is 4. The maximum Gasteiger partial charge on any atom is 0.323 e. The van der Waals surface area contributed by atoms with Crippen LogP contribution in [-0.4, -0.2) is 26.7 Å². The quantitative estimate of drug-likeness (QED) is 0.422. The van der Waals surface area contributed by atoms with Gasteiger partial charge in [-0.05, 0) is 52.7 Å². The molecule has 1 aromatic heterocycles. The van der Waals surface area contributed by atoms with Gasteiger partial charge in [-0.25, -0.2) is 13.6 Å². The molecule has 3 N–H and O–H groups in total. The van der Waals surface area contributed by atoms with Crippen LogP contribution in [-0.2, 0) is 0 Å². The van der Waals surface area contributed by atoms with E-state index < -0.39 is 17.7 Å². The molecule has 4 aromatic rings. The van der Waals surface area contributed by atoms with Gasteiger partial charge < -0.3 is 10.6 Å². The molecule has 150 valence electrons. The lowest BCUT2D eigenvalue weighted by Gasteiger charge is -2.12. The fraction of sp³-hybridized carbons (Fsp3) is 0. The van der Waals surface area contributed by atoms with E-state index in [-0.39, 0.29) is 11.5 Å². The second-order valence-corrected chi connectivity index (χ2v) is 6.68. The molecule has 3 aromatic carbocycles. The number of hydrogen-bond donors (Lipinski definition) is 3. The molecule has 10 heteroatoms. The average molecular weight is 427 g/mol. The van der Waals surface area contributed by atoms with Crippen molar-refractivity contribution in [2.45, 2.75) is 0 Å². The minimum Gasteiger partial charge on any atom is -0.308 e. The van der Waals surface area contributed by atoms with E-state index in [0.29, 0.717) is 22.3 Å². The predicted molar refractivity (Wildman–Crippen MR) is 109 cm³/mol. The van der Waals surface area contributed by atoms with E-state index in [4.69, 9.17) is 11.6 Å². The van der Waals surface area contributed by atoms with Gasteiger partial charge in [-0.3, -0.25) is 0 Å². The Kier molecular flexibility index (Phi) is 5.36. The highest BCUT2D eigenvalue weighted by Gasteiger charge is 2.14. The fourth-order valence-electron chi connectivity index (χ4n) is 2.85. The summed E-state index contributed by atoms with van der Waals surface area (Å²) in [6, 6.07) is 14.5. The number of aromatic amines is 1. The van der Waals surface area contributed by atoms with Crippen LogP contribution in [0.4, 0.5) is 25.0 Å². The molecule has 2 amide bonds. The number of urea groups is 1. The number of tetrazole rings is 1. The summed E-state index contributed by atoms with van der Waals surface area (Å²) < 4.78 is 26.7. The van der Waals surface area contributed by atoms with Crippen molar-refractivity contribution in [2.75, 3.05) is 10.6 Å². The first-order chi connectivity index (χ1) is 14.5. The van der Waals surface area contributed by atoms with Crippen molar-refractivity contribution in [1.82, 2.24) is 20.6 Å². The molecule has 0 radical (unpaired) electrons. The van der Waals surface area contributed by atoms with Crippen molar-refractivity contribution in [3.8, 4) is 22.5 Å². The molecular weight excluding hydrogens is 414 g/mol. The lowest BCUT2D eigenvalue weighted by molar-refractivity contribution is 0.262. The Bertz CT molecular complexity index is 1180. The summed E-state index contributed by atoms with van der Waals surface area (Å²) in [4.78, 5) is 12.4. The summed E-state index contributed by atoms with van der Waals surface area (Å²) >= 11 is 5.95. The number of carbonyl (C=O) groups excluding carboxylic acids is 1. The molecule has 0 spiro atoms. The van der Waals surface area contributed by atoms with Gasteiger partial charge in [0.15, 0.2) is 0 Å². The number of nitrogens with one attached hydrogen (secondary N) is 3. The molecule has 30 heavy (non-hydrogen) atoms. The van der Waals surface area contributed by atoms with Crippen molar-refractivity contribution < 1.29 is 13.6 Å². The van der Waals surface area contributed by atoms with E-state index in [9.17, 15) is 13.6 Å². The van der Waals surface area contributed by atoms with Crippen molar-refractivity contribution in [2.24, 2.45) is 0 Å². The molecule has 0 aliphatic carbocycles. The Morgan fingerprint density at radius 1 is 0.900 bits per heavy atom. The second-order valence-electron chi connectivity index (χ2n) is 6.24. The standard InChI is InChI=1S/C20H13ClF2N6O/c21-13-4-1-11(2-5-13)12-3-6-18(17(7-12)19-26-28-29-27-19)25-20(30)24-16-9-14(22)8-15(23)10-16/h1-10H,(H2,24,25,30)(H,26,27,28,29). The summed E-state index contributed by atoms with van der Waals surface area (Å²) in [6.45, 7) is 0. The topological polar surface area (TPSA) is 95.6 Å². The minimum atomic E-state index is -0.801. The molecule has 0 atom stereocenters. The van der Waals surface area contributed by atoms with Crippen LogP contribution in [0.3, 0.4) is 0 Å². The van der Waals surface area contributed by atoms with E-state index in [1.54, 1.807) is 30.3 Å². The first kappa shape index (κ1) is 19.5. The maximum absolute atomic E-state index is 13.3. The van der Waals surface area contributed by atoms with Crippen LogP contribution < -0.4 is 10.6 Å². The first-order valence-electron chi connectivity index (χ1n) is 8.66. The molecule has 7 nitrogen and oxygen atoms in total.